The van der Waals surface area contributed by atoms with Crippen LogP contribution in [0.1, 0.15) is 90.7 Å². The number of aryl methyl sites for hydroxylation is 4. The first kappa shape index (κ1) is 27.0. The Labute approximate surface area is 224 Å². The highest BCUT2D eigenvalue weighted by Crippen LogP contribution is 2.22. The predicted octanol–water partition coefficient (Wildman–Crippen LogP) is 6.46. The van der Waals surface area contributed by atoms with Crippen LogP contribution in [0.3, 0.4) is 0 Å². The lowest BCUT2D eigenvalue weighted by molar-refractivity contribution is -0.147. The Morgan fingerprint density at radius 3 is 2.22 bits per heavy atom. The van der Waals surface area contributed by atoms with Gasteiger partial charge in [-0.2, -0.15) is 0 Å². The number of benzene rings is 2. The number of hydrogen-bond acceptors (Lipinski definition) is 6. The van der Waals surface area contributed by atoms with Crippen LogP contribution in [-0.2, 0) is 44.7 Å². The summed E-state index contributed by atoms with van der Waals surface area (Å²) in [5, 5.41) is 19.7. The van der Waals surface area contributed by atoms with Gasteiger partial charge in [0, 0.05) is 14.2 Å². The third-order valence-electron chi connectivity index (χ3n) is 6.34. The van der Waals surface area contributed by atoms with Gasteiger partial charge in [0.15, 0.2) is 0 Å². The molecule has 37 heavy (non-hydrogen) atoms. The molecule has 6 heteroatoms. The summed E-state index contributed by atoms with van der Waals surface area (Å²) in [5.41, 5.74) is 3.48. The van der Waals surface area contributed by atoms with E-state index in [2.05, 4.69) is 13.8 Å². The summed E-state index contributed by atoms with van der Waals surface area (Å²) in [4.78, 5) is 24.6. The van der Waals surface area contributed by atoms with Gasteiger partial charge >= 0.3 is 11.9 Å². The number of unbranched alkanes of at least 4 members (excludes halogenated alkanes) is 2. The van der Waals surface area contributed by atoms with Crippen LogP contribution in [0.2, 0.25) is 0 Å². The Morgan fingerprint density at radius 2 is 1.51 bits per heavy atom. The van der Waals surface area contributed by atoms with E-state index in [1.54, 1.807) is 12.1 Å². The Morgan fingerprint density at radius 1 is 0.865 bits per heavy atom. The van der Waals surface area contributed by atoms with Crippen LogP contribution in [0.15, 0.2) is 36.4 Å². The van der Waals surface area contributed by atoms with E-state index >= 15 is 0 Å². The van der Waals surface area contributed by atoms with E-state index in [-0.39, 0.29) is 55.5 Å². The van der Waals surface area contributed by atoms with Crippen LogP contribution in [0.4, 0.5) is 0 Å². The molecule has 2 atom stereocenters. The molecule has 0 aromatic heterocycles. The maximum Gasteiger partial charge on any atom is 0.306 e. The molecule has 2 aromatic rings. The van der Waals surface area contributed by atoms with Crippen molar-refractivity contribution < 1.29 is 32.0 Å². The quantitative estimate of drug-likeness (QED) is 0.234. The smallest absolute Gasteiger partial charge is 0.306 e. The first-order valence-electron chi connectivity index (χ1n) is 14.6. The zero-order chi connectivity index (χ0) is 28.8. The van der Waals surface area contributed by atoms with Crippen LogP contribution in [0, 0.1) is 5.92 Å². The van der Waals surface area contributed by atoms with E-state index in [1.807, 2.05) is 13.0 Å². The maximum atomic E-state index is 12.3. The fraction of sp³-hybridized carbons (Fsp3) is 0.548. The highest BCUT2D eigenvalue weighted by atomic mass is 16.5. The van der Waals surface area contributed by atoms with Crippen LogP contribution >= 0.6 is 0 Å². The first-order chi connectivity index (χ1) is 18.6. The third-order valence-corrected chi connectivity index (χ3v) is 6.34. The van der Waals surface area contributed by atoms with Gasteiger partial charge < -0.3 is 19.7 Å². The van der Waals surface area contributed by atoms with E-state index in [0.717, 1.165) is 48.8 Å². The van der Waals surface area contributed by atoms with Gasteiger partial charge in [0.1, 0.15) is 11.5 Å². The van der Waals surface area contributed by atoms with Crippen molar-refractivity contribution in [2.24, 2.45) is 5.92 Å². The number of phenolic OH excluding ortho intramolecular Hbond substituents is 2. The molecule has 0 bridgehead atoms. The highest BCUT2D eigenvalue weighted by Gasteiger charge is 2.12. The Hall–Kier alpha value is -3.02. The fourth-order valence-corrected chi connectivity index (χ4v) is 4.02. The number of hydrogen-bond donors (Lipinski definition) is 2. The topological polar surface area (TPSA) is 93.1 Å². The second kappa shape index (κ2) is 16.7. The summed E-state index contributed by atoms with van der Waals surface area (Å²) in [6, 6.07) is 8.22. The van der Waals surface area contributed by atoms with Gasteiger partial charge in [-0.1, -0.05) is 45.7 Å². The molecule has 0 fully saturated rings. The number of carbonyl (C=O) groups excluding carboxylic acids is 2. The molecular formula is C31H44O6. The molecule has 204 valence electrons. The molecule has 0 aliphatic heterocycles. The molecule has 0 saturated heterocycles. The van der Waals surface area contributed by atoms with Crippen molar-refractivity contribution in [1.29, 1.82) is 0 Å². The summed E-state index contributed by atoms with van der Waals surface area (Å²) in [5.74, 6) is -0.656. The molecule has 0 radical (unpaired) electrons. The number of ether oxygens (including phenoxy) is 2. The van der Waals surface area contributed by atoms with Crippen molar-refractivity contribution in [3.05, 3.63) is 58.6 Å². The molecule has 2 aromatic carbocycles. The Kier molecular flexibility index (Phi) is 12.2. The summed E-state index contributed by atoms with van der Waals surface area (Å²) < 4.78 is 27.0. The SMILES string of the molecule is [3H]c1cc(C([3H])CC(=O)OCCC(C)COC(=O)CCc2ccc(O)cc2CCCC)c(CCCC)cc1O. The van der Waals surface area contributed by atoms with E-state index < -0.39 is 12.4 Å². The van der Waals surface area contributed by atoms with Crippen molar-refractivity contribution in [3.63, 3.8) is 0 Å². The maximum absolute atomic E-state index is 12.3. The van der Waals surface area contributed by atoms with Gasteiger partial charge in [0.2, 0.25) is 0 Å². The Balaban J connectivity index is 1.73. The zero-order valence-electron chi connectivity index (χ0n) is 24.6. The molecular weight excluding hydrogens is 468 g/mol. The van der Waals surface area contributed by atoms with Crippen molar-refractivity contribution >= 4 is 11.9 Å². The molecule has 2 rings (SSSR count). The molecule has 0 spiro atoms. The number of aromatic hydroxyl groups is 2. The molecule has 2 unspecified atom stereocenters. The molecule has 0 amide bonds. The normalized spacial score (nSPS) is 13.4. The second-order valence-electron chi connectivity index (χ2n) is 9.66. The number of esters is 2. The lowest BCUT2D eigenvalue weighted by Gasteiger charge is -2.14. The predicted molar refractivity (Wildman–Crippen MR) is 146 cm³/mol. The minimum absolute atomic E-state index is 0.00551. The van der Waals surface area contributed by atoms with Gasteiger partial charge in [0.05, 0.1) is 14.6 Å². The monoisotopic (exact) mass is 516 g/mol. The van der Waals surface area contributed by atoms with Gasteiger partial charge in [-0.3, -0.25) is 9.59 Å². The second-order valence-corrected chi connectivity index (χ2v) is 9.66. The van der Waals surface area contributed by atoms with E-state index in [1.165, 1.54) is 12.1 Å². The summed E-state index contributed by atoms with van der Waals surface area (Å²) in [6.07, 6.45) is 5.80. The van der Waals surface area contributed by atoms with Gasteiger partial charge in [-0.15, -0.1) is 0 Å². The van der Waals surface area contributed by atoms with Crippen LogP contribution < -0.4 is 0 Å². The Bertz CT molecular complexity index is 1070. The van der Waals surface area contributed by atoms with Crippen LogP contribution in [0.5, 0.6) is 11.5 Å². The number of carbonyl (C=O) groups is 2. The summed E-state index contributed by atoms with van der Waals surface area (Å²) >= 11 is 0. The standard InChI is InChI=1S/C31H44O6/c1-4-6-8-26-20-28(32)14-10-24(26)12-16-30(34)36-19-18-23(3)22-37-31(35)17-13-25-11-15-29(33)21-27(25)9-7-5-2/h10-11,14-15,20-21,23,32-33H,4-9,12-13,16-19,22H2,1-3H3/i12T,14T. The van der Waals surface area contributed by atoms with Crippen molar-refractivity contribution in [1.82, 2.24) is 0 Å². The molecule has 2 N–H and O–H groups in total. The largest absolute Gasteiger partial charge is 0.508 e. The molecule has 0 heterocycles. The molecule has 6 nitrogen and oxygen atoms in total. The highest BCUT2D eigenvalue weighted by molar-refractivity contribution is 5.70. The lowest BCUT2D eigenvalue weighted by Crippen LogP contribution is -2.16. The van der Waals surface area contributed by atoms with E-state index in [0.29, 0.717) is 24.8 Å². The minimum Gasteiger partial charge on any atom is -0.508 e. The lowest BCUT2D eigenvalue weighted by atomic mass is 9.98. The first-order valence-corrected chi connectivity index (χ1v) is 13.5. The summed E-state index contributed by atoms with van der Waals surface area (Å²) in [6.45, 7) is 6.49. The average Bonchev–Trinajstić information content (AvgIpc) is 2.90. The summed E-state index contributed by atoms with van der Waals surface area (Å²) in [7, 11) is 0. The fourth-order valence-electron chi connectivity index (χ4n) is 4.02. The molecule has 0 aliphatic carbocycles. The van der Waals surface area contributed by atoms with Crippen LogP contribution in [0.25, 0.3) is 0 Å². The van der Waals surface area contributed by atoms with Gasteiger partial charge in [-0.25, -0.2) is 0 Å². The van der Waals surface area contributed by atoms with E-state index in [9.17, 15) is 19.8 Å². The minimum atomic E-state index is -0.872. The third kappa shape index (κ3) is 11.7. The van der Waals surface area contributed by atoms with Gasteiger partial charge in [0.25, 0.3) is 0 Å². The zero-order valence-corrected chi connectivity index (χ0v) is 22.6. The number of rotatable bonds is 17. The van der Waals surface area contributed by atoms with Gasteiger partial charge in [-0.05, 0) is 97.3 Å². The molecule has 0 saturated carbocycles. The van der Waals surface area contributed by atoms with Crippen molar-refractivity contribution in [2.45, 2.75) is 91.4 Å². The average molecular weight is 517 g/mol. The van der Waals surface area contributed by atoms with Crippen LogP contribution in [-0.4, -0.2) is 35.4 Å². The van der Waals surface area contributed by atoms with Crippen molar-refractivity contribution in [3.8, 4) is 11.5 Å². The molecule has 0 aliphatic rings. The number of phenols is 2. The van der Waals surface area contributed by atoms with E-state index in [4.69, 9.17) is 12.2 Å². The van der Waals surface area contributed by atoms with Crippen molar-refractivity contribution in [2.75, 3.05) is 13.2 Å².